The van der Waals surface area contributed by atoms with E-state index in [1.165, 1.54) is 6.26 Å². The Balaban J connectivity index is 1.50. The van der Waals surface area contributed by atoms with Gasteiger partial charge in [0, 0.05) is 39.0 Å². The van der Waals surface area contributed by atoms with Crippen LogP contribution in [0.2, 0.25) is 5.02 Å². The van der Waals surface area contributed by atoms with E-state index in [1.807, 2.05) is 30.3 Å². The number of guanidine groups is 1. The average Bonchev–Trinajstić information content (AvgIpc) is 2.73. The van der Waals surface area contributed by atoms with Crippen LogP contribution in [0.3, 0.4) is 0 Å². The second-order valence-electron chi connectivity index (χ2n) is 7.55. The van der Waals surface area contributed by atoms with Gasteiger partial charge in [0.2, 0.25) is 0 Å². The molecule has 1 heterocycles. The zero-order chi connectivity index (χ0) is 21.6. The topological polar surface area (TPSA) is 73.8 Å². The second kappa shape index (κ2) is 10.2. The maximum absolute atomic E-state index is 11.6. The van der Waals surface area contributed by atoms with Crippen molar-refractivity contribution in [3.8, 4) is 0 Å². The fourth-order valence-corrected chi connectivity index (χ4v) is 4.52. The van der Waals surface area contributed by atoms with Crippen molar-refractivity contribution >= 4 is 33.1 Å². The van der Waals surface area contributed by atoms with Crippen molar-refractivity contribution in [2.75, 3.05) is 37.8 Å². The Morgan fingerprint density at radius 1 is 1.20 bits per heavy atom. The number of rotatable bonds is 6. The van der Waals surface area contributed by atoms with E-state index in [2.05, 4.69) is 26.6 Å². The molecular weight excluding hydrogens is 420 g/mol. The first-order chi connectivity index (χ1) is 14.4. The van der Waals surface area contributed by atoms with Gasteiger partial charge in [0.25, 0.3) is 0 Å². The molecule has 0 saturated carbocycles. The van der Waals surface area contributed by atoms with Gasteiger partial charge in [0.15, 0.2) is 15.8 Å². The van der Waals surface area contributed by atoms with Crippen LogP contribution < -0.4 is 15.5 Å². The molecule has 0 aliphatic carbocycles. The van der Waals surface area contributed by atoms with Crippen LogP contribution in [0.15, 0.2) is 58.4 Å². The summed E-state index contributed by atoms with van der Waals surface area (Å²) in [5.74, 6) is 0.772. The minimum atomic E-state index is -3.16. The van der Waals surface area contributed by atoms with Gasteiger partial charge < -0.3 is 15.5 Å². The minimum Gasteiger partial charge on any atom is -0.368 e. The van der Waals surface area contributed by atoms with Crippen LogP contribution in [0.1, 0.15) is 18.4 Å². The Kier molecular flexibility index (Phi) is 7.61. The average molecular weight is 449 g/mol. The van der Waals surface area contributed by atoms with Gasteiger partial charge >= 0.3 is 0 Å². The number of hydrogen-bond donors (Lipinski definition) is 2. The molecule has 1 saturated heterocycles. The Morgan fingerprint density at radius 2 is 1.93 bits per heavy atom. The standard InChI is InChI=1S/C22H29ClN4O2S/c1-24-22(25-14-13-17-9-11-19(12-10-17)30(2,28)29)26-18-6-5-15-27(16-18)21-8-4-3-7-20(21)23/h3-4,7-12,18H,5-6,13-16H2,1-2H3,(H2,24,25,26). The molecule has 2 aromatic carbocycles. The van der Waals surface area contributed by atoms with E-state index in [9.17, 15) is 8.42 Å². The molecule has 1 atom stereocenters. The van der Waals surface area contributed by atoms with Gasteiger partial charge in [-0.3, -0.25) is 4.99 Å². The van der Waals surface area contributed by atoms with Crippen molar-refractivity contribution in [3.05, 3.63) is 59.1 Å². The van der Waals surface area contributed by atoms with Crippen LogP contribution in [0.25, 0.3) is 0 Å². The molecule has 1 unspecified atom stereocenters. The summed E-state index contributed by atoms with van der Waals surface area (Å²) in [4.78, 5) is 7.01. The lowest BCUT2D eigenvalue weighted by Gasteiger charge is -2.35. The molecular formula is C22H29ClN4O2S. The van der Waals surface area contributed by atoms with E-state index in [-0.39, 0.29) is 6.04 Å². The molecule has 0 amide bonds. The summed E-state index contributed by atoms with van der Waals surface area (Å²) >= 11 is 6.37. The molecule has 30 heavy (non-hydrogen) atoms. The van der Waals surface area contributed by atoms with Crippen LogP contribution in [0, 0.1) is 0 Å². The zero-order valence-electron chi connectivity index (χ0n) is 17.4. The fourth-order valence-electron chi connectivity index (χ4n) is 3.64. The third kappa shape index (κ3) is 6.12. The third-order valence-electron chi connectivity index (χ3n) is 5.24. The SMILES string of the molecule is CN=C(NCCc1ccc(S(C)(=O)=O)cc1)NC1CCCN(c2ccccc2Cl)C1. The molecule has 8 heteroatoms. The van der Waals surface area contributed by atoms with Gasteiger partial charge in [0.05, 0.1) is 15.6 Å². The number of halogens is 1. The van der Waals surface area contributed by atoms with Crippen LogP contribution in [0.4, 0.5) is 5.69 Å². The smallest absolute Gasteiger partial charge is 0.191 e. The van der Waals surface area contributed by atoms with Crippen molar-refractivity contribution in [2.24, 2.45) is 4.99 Å². The van der Waals surface area contributed by atoms with Gasteiger partial charge in [0.1, 0.15) is 0 Å². The maximum atomic E-state index is 11.6. The molecule has 162 valence electrons. The normalized spacial score (nSPS) is 17.6. The molecule has 0 radical (unpaired) electrons. The highest BCUT2D eigenvalue weighted by atomic mass is 35.5. The van der Waals surface area contributed by atoms with Crippen LogP contribution in [0.5, 0.6) is 0 Å². The first-order valence-electron chi connectivity index (χ1n) is 10.1. The summed E-state index contributed by atoms with van der Waals surface area (Å²) in [7, 11) is -1.39. The Bertz CT molecular complexity index is 977. The number of benzene rings is 2. The first-order valence-corrected chi connectivity index (χ1v) is 12.4. The van der Waals surface area contributed by atoms with Crippen LogP contribution >= 0.6 is 11.6 Å². The highest BCUT2D eigenvalue weighted by Crippen LogP contribution is 2.27. The summed E-state index contributed by atoms with van der Waals surface area (Å²) in [5, 5.41) is 7.65. The number of para-hydroxylation sites is 1. The third-order valence-corrected chi connectivity index (χ3v) is 6.68. The van der Waals surface area contributed by atoms with E-state index in [0.717, 1.165) is 54.6 Å². The van der Waals surface area contributed by atoms with Gasteiger partial charge in [-0.05, 0) is 49.1 Å². The molecule has 2 aromatic rings. The highest BCUT2D eigenvalue weighted by Gasteiger charge is 2.22. The maximum Gasteiger partial charge on any atom is 0.191 e. The number of aliphatic imine (C=N–C) groups is 1. The molecule has 2 N–H and O–H groups in total. The second-order valence-corrected chi connectivity index (χ2v) is 9.97. The largest absolute Gasteiger partial charge is 0.368 e. The van der Waals surface area contributed by atoms with Crippen molar-refractivity contribution in [2.45, 2.75) is 30.2 Å². The van der Waals surface area contributed by atoms with Crippen LogP contribution in [-0.4, -0.2) is 53.4 Å². The van der Waals surface area contributed by atoms with Crippen molar-refractivity contribution in [1.82, 2.24) is 10.6 Å². The lowest BCUT2D eigenvalue weighted by atomic mass is 10.0. The summed E-state index contributed by atoms with van der Waals surface area (Å²) in [6.45, 7) is 2.58. The Labute approximate surface area is 184 Å². The van der Waals surface area contributed by atoms with Gasteiger partial charge in [-0.1, -0.05) is 35.9 Å². The molecule has 0 aromatic heterocycles. The predicted molar refractivity (Wildman–Crippen MR) is 124 cm³/mol. The number of anilines is 1. The lowest BCUT2D eigenvalue weighted by molar-refractivity contribution is 0.468. The highest BCUT2D eigenvalue weighted by molar-refractivity contribution is 7.90. The van der Waals surface area contributed by atoms with Crippen molar-refractivity contribution < 1.29 is 8.42 Å². The van der Waals surface area contributed by atoms with Gasteiger partial charge in [-0.2, -0.15) is 0 Å². The molecule has 0 bridgehead atoms. The predicted octanol–water partition coefficient (Wildman–Crippen LogP) is 3.12. The number of nitrogens with zero attached hydrogens (tertiary/aromatic N) is 2. The van der Waals surface area contributed by atoms with E-state index < -0.39 is 9.84 Å². The molecule has 6 nitrogen and oxygen atoms in total. The first kappa shape index (κ1) is 22.4. The molecule has 1 aliphatic rings. The van der Waals surface area contributed by atoms with Crippen molar-refractivity contribution in [1.29, 1.82) is 0 Å². The van der Waals surface area contributed by atoms with E-state index >= 15 is 0 Å². The Morgan fingerprint density at radius 3 is 2.60 bits per heavy atom. The van der Waals surface area contributed by atoms with E-state index in [0.29, 0.717) is 11.4 Å². The molecule has 1 fully saturated rings. The van der Waals surface area contributed by atoms with Gasteiger partial charge in [-0.15, -0.1) is 0 Å². The Hall–Kier alpha value is -2.25. The molecule has 0 spiro atoms. The van der Waals surface area contributed by atoms with E-state index in [1.54, 1.807) is 19.2 Å². The fraction of sp³-hybridized carbons (Fsp3) is 0.409. The summed E-state index contributed by atoms with van der Waals surface area (Å²) < 4.78 is 23.1. The van der Waals surface area contributed by atoms with Crippen LogP contribution in [-0.2, 0) is 16.3 Å². The lowest BCUT2D eigenvalue weighted by Crippen LogP contribution is -2.51. The summed E-state index contributed by atoms with van der Waals surface area (Å²) in [5.41, 5.74) is 2.15. The van der Waals surface area contributed by atoms with Gasteiger partial charge in [-0.25, -0.2) is 8.42 Å². The quantitative estimate of drug-likeness (QED) is 0.524. The van der Waals surface area contributed by atoms with Crippen molar-refractivity contribution in [3.63, 3.8) is 0 Å². The number of nitrogens with one attached hydrogen (secondary N) is 2. The molecule has 3 rings (SSSR count). The minimum absolute atomic E-state index is 0.287. The number of hydrogen-bond acceptors (Lipinski definition) is 4. The zero-order valence-corrected chi connectivity index (χ0v) is 19.0. The number of piperidine rings is 1. The number of sulfone groups is 1. The monoisotopic (exact) mass is 448 g/mol. The summed E-state index contributed by atoms with van der Waals surface area (Å²) in [6, 6.07) is 15.3. The summed E-state index contributed by atoms with van der Waals surface area (Å²) in [6.07, 6.45) is 4.17. The molecule has 1 aliphatic heterocycles. The van der Waals surface area contributed by atoms with E-state index in [4.69, 9.17) is 11.6 Å².